The molecule has 0 unspecified atom stereocenters. The molecule has 0 saturated carbocycles. The molecule has 22 heteroatoms. The highest BCUT2D eigenvalue weighted by atomic mass is 33.1. The molecular weight excluding hydrogens is 965 g/mol. The lowest BCUT2D eigenvalue weighted by atomic mass is 10.0. The van der Waals surface area contributed by atoms with Crippen molar-refractivity contribution in [1.29, 1.82) is 0 Å². The van der Waals surface area contributed by atoms with E-state index in [0.29, 0.717) is 29.7 Å². The summed E-state index contributed by atoms with van der Waals surface area (Å²) in [6.45, 7) is 4.83. The van der Waals surface area contributed by atoms with E-state index in [1.807, 2.05) is 24.3 Å². The number of amides is 7. The van der Waals surface area contributed by atoms with Gasteiger partial charge in [-0.1, -0.05) is 96.1 Å². The largest absolute Gasteiger partial charge is 0.508 e. The van der Waals surface area contributed by atoms with Crippen molar-refractivity contribution in [2.75, 3.05) is 18.1 Å². The molecule has 2 aliphatic heterocycles. The Kier molecular flexibility index (Phi) is 19.5. The van der Waals surface area contributed by atoms with Crippen LogP contribution in [0.15, 0.2) is 78.9 Å². The predicted octanol–water partition coefficient (Wildman–Crippen LogP) is 1.13. The third-order valence-electron chi connectivity index (χ3n) is 12.5. The summed E-state index contributed by atoms with van der Waals surface area (Å²) in [6.07, 6.45) is 0.782. The summed E-state index contributed by atoms with van der Waals surface area (Å²) in [5, 5.41) is 37.4. The first-order chi connectivity index (χ1) is 34.4. The van der Waals surface area contributed by atoms with Crippen LogP contribution in [0.3, 0.4) is 0 Å². The van der Waals surface area contributed by atoms with E-state index < -0.39 is 102 Å². The summed E-state index contributed by atoms with van der Waals surface area (Å²) in [7, 11) is 2.09. The van der Waals surface area contributed by atoms with E-state index in [0.717, 1.165) is 38.1 Å². The Morgan fingerprint density at radius 1 is 0.778 bits per heavy atom. The van der Waals surface area contributed by atoms with Gasteiger partial charge in [-0.15, -0.1) is 0 Å². The minimum absolute atomic E-state index is 0.000618. The van der Waals surface area contributed by atoms with Gasteiger partial charge >= 0.3 is 5.97 Å². The van der Waals surface area contributed by atoms with Crippen molar-refractivity contribution in [3.8, 4) is 5.75 Å². The van der Waals surface area contributed by atoms with Gasteiger partial charge in [0.2, 0.25) is 41.4 Å². The molecule has 7 amide bonds. The molecule has 72 heavy (non-hydrogen) atoms. The number of nitrogens with zero attached hydrogens (tertiary/aromatic N) is 1. The number of carbonyl (C=O) groups is 8. The smallest absolute Gasteiger partial charge is 0.326 e. The lowest BCUT2D eigenvalue weighted by molar-refractivity contribution is -0.145. The van der Waals surface area contributed by atoms with Crippen LogP contribution in [0.2, 0.25) is 0 Å². The number of phenols is 1. The fourth-order valence-corrected chi connectivity index (χ4v) is 10.9. The molecule has 3 aromatic carbocycles. The normalized spacial score (nSPS) is 22.5. The molecular formula is C50H64N10O10S2. The SMILES string of the molecule is CC(C)[C@H](NC(=O)[C@@H]1CSSC[C@H](NC(=O)[C@H](C)N)C(=O)N[C@@H](Cc2ccccc2)C(=O)N[C@@H]2Cc3c([nH]c4ccccc34)CN(C2=O)[C@@H](CCCCN)C(=O)N[C@@H](Cc2ccc(O)cc2)C(=O)N1)C(=O)O. The Hall–Kier alpha value is -6.62. The van der Waals surface area contributed by atoms with Crippen molar-refractivity contribution in [2.45, 2.75) is 114 Å². The fourth-order valence-electron chi connectivity index (χ4n) is 8.54. The number of nitrogens with two attached hydrogens (primary N) is 2. The number of aromatic amines is 1. The third kappa shape index (κ3) is 14.5. The van der Waals surface area contributed by atoms with E-state index in [1.54, 1.807) is 56.3 Å². The number of carboxylic acid groups (broad SMARTS) is 1. The number of rotatable bonds is 14. The number of hydrogen-bond acceptors (Lipinski definition) is 13. The zero-order chi connectivity index (χ0) is 52.1. The van der Waals surface area contributed by atoms with E-state index in [4.69, 9.17) is 11.5 Å². The van der Waals surface area contributed by atoms with Crippen LogP contribution in [0.25, 0.3) is 10.9 Å². The van der Waals surface area contributed by atoms with Crippen LogP contribution in [-0.2, 0) is 64.2 Å². The number of hydrogen-bond donors (Lipinski definition) is 11. The molecule has 6 rings (SSSR count). The molecule has 20 nitrogen and oxygen atoms in total. The monoisotopic (exact) mass is 1030 g/mol. The van der Waals surface area contributed by atoms with Gasteiger partial charge in [-0.2, -0.15) is 0 Å². The number of H-pyrrole nitrogens is 1. The molecule has 0 spiro atoms. The molecule has 3 heterocycles. The number of phenolic OH excluding ortho intramolecular Hbond substituents is 1. The van der Waals surface area contributed by atoms with Gasteiger partial charge in [0.15, 0.2) is 0 Å². The van der Waals surface area contributed by atoms with Crippen molar-refractivity contribution in [3.05, 3.63) is 101 Å². The Morgan fingerprint density at radius 2 is 1.40 bits per heavy atom. The number of carboxylic acids is 1. The molecule has 0 aliphatic carbocycles. The van der Waals surface area contributed by atoms with Crippen LogP contribution in [0, 0.1) is 5.92 Å². The average Bonchev–Trinajstić information content (AvgIpc) is 3.63. The van der Waals surface area contributed by atoms with Gasteiger partial charge in [0.1, 0.15) is 48.0 Å². The summed E-state index contributed by atoms with van der Waals surface area (Å²) < 4.78 is 0. The summed E-state index contributed by atoms with van der Waals surface area (Å²) in [5.41, 5.74) is 15.1. The minimum atomic E-state index is -1.42. The lowest BCUT2D eigenvalue weighted by Gasteiger charge is -2.34. The highest BCUT2D eigenvalue weighted by Crippen LogP contribution is 2.30. The maximum absolute atomic E-state index is 15.2. The van der Waals surface area contributed by atoms with Crippen LogP contribution in [0.5, 0.6) is 5.75 Å². The first-order valence-corrected chi connectivity index (χ1v) is 26.4. The van der Waals surface area contributed by atoms with Crippen molar-refractivity contribution < 1.29 is 48.6 Å². The van der Waals surface area contributed by atoms with E-state index in [1.165, 1.54) is 24.0 Å². The van der Waals surface area contributed by atoms with Crippen molar-refractivity contribution in [1.82, 2.24) is 41.8 Å². The molecule has 4 aromatic rings. The summed E-state index contributed by atoms with van der Waals surface area (Å²) >= 11 is 0. The number of fused-ring (bicyclic) bond motifs is 5. The quantitative estimate of drug-likeness (QED) is 0.0624. The number of unbranched alkanes of at least 4 members (excludes halogenated alkanes) is 1. The van der Waals surface area contributed by atoms with Crippen LogP contribution in [0.1, 0.15) is 62.4 Å². The van der Waals surface area contributed by atoms with Crippen LogP contribution >= 0.6 is 21.6 Å². The lowest BCUT2D eigenvalue weighted by Crippen LogP contribution is -2.61. The van der Waals surface area contributed by atoms with Crippen LogP contribution in [0.4, 0.5) is 0 Å². The number of benzene rings is 3. The molecule has 0 radical (unpaired) electrons. The number of aromatic nitrogens is 1. The first kappa shape index (κ1) is 54.7. The topological polar surface area (TPSA) is 320 Å². The molecule has 13 N–H and O–H groups in total. The van der Waals surface area contributed by atoms with E-state index in [9.17, 15) is 39.0 Å². The fraction of sp³-hybridized carbons (Fsp3) is 0.440. The van der Waals surface area contributed by atoms with Gasteiger partial charge in [0.05, 0.1) is 12.6 Å². The second kappa shape index (κ2) is 25.7. The average molecular weight is 1030 g/mol. The Balaban J connectivity index is 1.48. The van der Waals surface area contributed by atoms with Gasteiger partial charge in [0.25, 0.3) is 0 Å². The maximum atomic E-state index is 15.2. The Bertz CT molecular complexity index is 2580. The standard InChI is InChI=1S/C50H64N10O10S2/c1-27(2)42(50(69)70)59-47(66)40-26-72-71-25-39(57-43(62)28(3)52)46(65)54-35(21-29-11-5-4-6-12-29)44(63)56-37-23-33-32-13-7-8-14-34(32)53-38(33)24-60(49(37)68)41(15-9-10-20-51)48(67)55-36(45(64)58-40)22-30-16-18-31(61)19-17-30/h4-8,11-14,16-19,27-28,35-37,39-42,53,61H,9-10,15,20-26,51-52H2,1-3H3,(H,54,65)(H,55,67)(H,56,63)(H,57,62)(H,58,64)(H,59,66)(H,69,70)/t28-,35-,36-,37+,39-,40-,41-,42-/m0/s1. The van der Waals surface area contributed by atoms with Gasteiger partial charge in [-0.3, -0.25) is 33.6 Å². The first-order valence-electron chi connectivity index (χ1n) is 23.9. The van der Waals surface area contributed by atoms with Gasteiger partial charge < -0.3 is 63.5 Å². The van der Waals surface area contributed by atoms with Gasteiger partial charge in [-0.25, -0.2) is 4.79 Å². The van der Waals surface area contributed by atoms with E-state index >= 15 is 9.59 Å². The zero-order valence-corrected chi connectivity index (χ0v) is 42.0. The third-order valence-corrected chi connectivity index (χ3v) is 15.0. The number of para-hydroxylation sites is 1. The molecule has 2 aliphatic rings. The van der Waals surface area contributed by atoms with Crippen molar-refractivity contribution >= 4 is 79.8 Å². The van der Waals surface area contributed by atoms with Gasteiger partial charge in [-0.05, 0) is 73.5 Å². The summed E-state index contributed by atoms with van der Waals surface area (Å²) in [6, 6.07) is 12.0. The van der Waals surface area contributed by atoms with E-state index in [-0.39, 0.29) is 56.0 Å². The number of aliphatic carboxylic acids is 1. The molecule has 8 atom stereocenters. The van der Waals surface area contributed by atoms with Crippen molar-refractivity contribution in [2.24, 2.45) is 17.4 Å². The van der Waals surface area contributed by atoms with Crippen LogP contribution in [-0.4, -0.2) is 134 Å². The predicted molar refractivity (Wildman–Crippen MR) is 274 cm³/mol. The van der Waals surface area contributed by atoms with E-state index in [2.05, 4.69) is 36.9 Å². The minimum Gasteiger partial charge on any atom is -0.508 e. The summed E-state index contributed by atoms with van der Waals surface area (Å²) in [4.78, 5) is 118. The van der Waals surface area contributed by atoms with Crippen molar-refractivity contribution in [3.63, 3.8) is 0 Å². The molecule has 1 saturated heterocycles. The number of aromatic hydroxyl groups is 1. The highest BCUT2D eigenvalue weighted by Gasteiger charge is 2.41. The second-order valence-electron chi connectivity index (χ2n) is 18.4. The molecule has 386 valence electrons. The Labute approximate surface area is 425 Å². The van der Waals surface area contributed by atoms with Gasteiger partial charge in [0, 0.05) is 47.4 Å². The maximum Gasteiger partial charge on any atom is 0.326 e. The number of carbonyl (C=O) groups excluding carboxylic acids is 7. The second-order valence-corrected chi connectivity index (χ2v) is 20.9. The summed E-state index contributed by atoms with van der Waals surface area (Å²) in [5.74, 6) is -7.39. The Morgan fingerprint density at radius 3 is 2.06 bits per heavy atom. The molecule has 2 bridgehead atoms. The number of nitrogens with one attached hydrogen (secondary N) is 7. The molecule has 1 fully saturated rings. The highest BCUT2D eigenvalue weighted by molar-refractivity contribution is 8.76. The zero-order valence-electron chi connectivity index (χ0n) is 40.4. The van der Waals surface area contributed by atoms with Crippen LogP contribution < -0.4 is 43.4 Å². The molecule has 1 aromatic heterocycles.